The van der Waals surface area contributed by atoms with Crippen LogP contribution in [0.2, 0.25) is 0 Å². The van der Waals surface area contributed by atoms with Crippen LogP contribution in [0.5, 0.6) is 0 Å². The van der Waals surface area contributed by atoms with Crippen LogP contribution in [0.1, 0.15) is 55.6 Å². The molecule has 2 aromatic rings. The summed E-state index contributed by atoms with van der Waals surface area (Å²) in [5.41, 5.74) is 2.41. The van der Waals surface area contributed by atoms with Crippen LogP contribution in [0.3, 0.4) is 0 Å². The van der Waals surface area contributed by atoms with Gasteiger partial charge in [0.05, 0.1) is 5.92 Å². The van der Waals surface area contributed by atoms with Crippen molar-refractivity contribution in [3.63, 3.8) is 0 Å². The molecule has 2 aromatic heterocycles. The summed E-state index contributed by atoms with van der Waals surface area (Å²) in [5.74, 6) is 1.87. The van der Waals surface area contributed by atoms with E-state index in [1.165, 1.54) is 5.56 Å². The van der Waals surface area contributed by atoms with Crippen molar-refractivity contribution in [2.24, 2.45) is 0 Å². The molecule has 22 heavy (non-hydrogen) atoms. The monoisotopic (exact) mass is 300 g/mol. The molecule has 0 aliphatic carbocycles. The fourth-order valence-electron chi connectivity index (χ4n) is 3.23. The second kappa shape index (κ2) is 6.57. The Morgan fingerprint density at radius 2 is 2.23 bits per heavy atom. The first kappa shape index (κ1) is 15.2. The Morgan fingerprint density at radius 1 is 1.36 bits per heavy atom. The van der Waals surface area contributed by atoms with Gasteiger partial charge in [-0.15, -0.1) is 10.2 Å². The summed E-state index contributed by atoms with van der Waals surface area (Å²) in [6.45, 7) is 8.43. The Balaban J connectivity index is 1.75. The summed E-state index contributed by atoms with van der Waals surface area (Å²) < 4.78 is 5.80. The molecule has 0 radical (unpaired) electrons. The highest BCUT2D eigenvalue weighted by Gasteiger charge is 2.32. The number of hydrogen-bond donors (Lipinski definition) is 0. The van der Waals surface area contributed by atoms with Gasteiger partial charge in [0.1, 0.15) is 0 Å². The number of rotatable bonds is 4. The molecule has 1 saturated heterocycles. The third-order valence-electron chi connectivity index (χ3n) is 4.71. The van der Waals surface area contributed by atoms with Crippen LogP contribution < -0.4 is 0 Å². The normalized spacial score (nSPS) is 22.9. The quantitative estimate of drug-likeness (QED) is 0.868. The third-order valence-corrected chi connectivity index (χ3v) is 4.71. The zero-order valence-corrected chi connectivity index (χ0v) is 13.6. The topological polar surface area (TPSA) is 55.1 Å². The van der Waals surface area contributed by atoms with Crippen molar-refractivity contribution < 1.29 is 4.42 Å². The maximum Gasteiger partial charge on any atom is 0.221 e. The molecule has 5 nitrogen and oxygen atoms in total. The van der Waals surface area contributed by atoms with Crippen LogP contribution in [-0.2, 0) is 13.0 Å². The van der Waals surface area contributed by atoms with Crippen molar-refractivity contribution >= 4 is 0 Å². The lowest BCUT2D eigenvalue weighted by molar-refractivity contribution is 0.118. The molecule has 2 atom stereocenters. The molecular formula is C17H24N4O. The van der Waals surface area contributed by atoms with E-state index in [1.54, 1.807) is 0 Å². The van der Waals surface area contributed by atoms with Gasteiger partial charge in [0.25, 0.3) is 0 Å². The van der Waals surface area contributed by atoms with E-state index < -0.39 is 0 Å². The number of nitrogens with zero attached hydrogens (tertiary/aromatic N) is 4. The molecule has 0 amide bonds. The molecule has 1 fully saturated rings. The predicted octanol–water partition coefficient (Wildman–Crippen LogP) is 3.10. The summed E-state index contributed by atoms with van der Waals surface area (Å²) in [6.07, 6.45) is 4.94. The Kier molecular flexibility index (Phi) is 4.52. The van der Waals surface area contributed by atoms with Gasteiger partial charge >= 0.3 is 0 Å². The first-order valence-electron chi connectivity index (χ1n) is 8.16. The fraction of sp³-hybridized carbons (Fsp3) is 0.588. The Hall–Kier alpha value is -1.75. The minimum atomic E-state index is 0.332. The predicted molar refractivity (Wildman–Crippen MR) is 84.5 cm³/mol. The van der Waals surface area contributed by atoms with Gasteiger partial charge < -0.3 is 4.42 Å². The molecular weight excluding hydrogens is 276 g/mol. The van der Waals surface area contributed by atoms with Crippen LogP contribution >= 0.6 is 0 Å². The lowest BCUT2D eigenvalue weighted by Gasteiger charge is -2.38. The van der Waals surface area contributed by atoms with Gasteiger partial charge in [0.15, 0.2) is 0 Å². The number of aryl methyl sites for hydroxylation is 2. The van der Waals surface area contributed by atoms with Gasteiger partial charge in [-0.1, -0.05) is 13.0 Å². The standard InChI is InChI=1S/C17H24N4O/c1-4-16-19-20-17(22-16)15-8-6-10-21(13(15)3)11-14-7-5-9-18-12(14)2/h5,7,9,13,15H,4,6,8,10-11H2,1-3H3/t13-,15-/m0/s1. The van der Waals surface area contributed by atoms with Crippen molar-refractivity contribution in [1.29, 1.82) is 0 Å². The lowest BCUT2D eigenvalue weighted by Crippen LogP contribution is -2.42. The third kappa shape index (κ3) is 3.04. The summed E-state index contributed by atoms with van der Waals surface area (Å²) in [4.78, 5) is 6.90. The van der Waals surface area contributed by atoms with Gasteiger partial charge in [-0.05, 0) is 44.9 Å². The molecule has 5 heteroatoms. The van der Waals surface area contributed by atoms with E-state index in [0.717, 1.165) is 49.8 Å². The Bertz CT molecular complexity index is 625. The first-order valence-corrected chi connectivity index (χ1v) is 8.16. The molecule has 0 saturated carbocycles. The number of piperidine rings is 1. The zero-order chi connectivity index (χ0) is 15.5. The lowest BCUT2D eigenvalue weighted by atomic mass is 9.89. The minimum absolute atomic E-state index is 0.332. The number of pyridine rings is 1. The molecule has 3 heterocycles. The van der Waals surface area contributed by atoms with E-state index in [1.807, 2.05) is 19.2 Å². The van der Waals surface area contributed by atoms with Crippen molar-refractivity contribution in [1.82, 2.24) is 20.1 Å². The largest absolute Gasteiger partial charge is 0.425 e. The van der Waals surface area contributed by atoms with Gasteiger partial charge in [-0.2, -0.15) is 0 Å². The summed E-state index contributed by atoms with van der Waals surface area (Å²) in [6, 6.07) is 4.58. The smallest absolute Gasteiger partial charge is 0.221 e. The van der Waals surface area contributed by atoms with Crippen molar-refractivity contribution in [3.05, 3.63) is 41.4 Å². The van der Waals surface area contributed by atoms with Crippen molar-refractivity contribution in [3.8, 4) is 0 Å². The van der Waals surface area contributed by atoms with E-state index in [0.29, 0.717) is 12.0 Å². The van der Waals surface area contributed by atoms with Crippen molar-refractivity contribution in [2.45, 2.75) is 58.5 Å². The number of likely N-dealkylation sites (tertiary alicyclic amines) is 1. The highest BCUT2D eigenvalue weighted by atomic mass is 16.4. The summed E-state index contributed by atoms with van der Waals surface area (Å²) in [7, 11) is 0. The highest BCUT2D eigenvalue weighted by Crippen LogP contribution is 2.32. The zero-order valence-electron chi connectivity index (χ0n) is 13.6. The van der Waals surface area contributed by atoms with E-state index >= 15 is 0 Å². The van der Waals surface area contributed by atoms with Crippen LogP contribution in [0, 0.1) is 6.92 Å². The molecule has 0 aromatic carbocycles. The van der Waals surface area contributed by atoms with Gasteiger partial charge in [-0.3, -0.25) is 9.88 Å². The molecule has 0 bridgehead atoms. The minimum Gasteiger partial charge on any atom is -0.425 e. The molecule has 0 spiro atoms. The molecule has 118 valence electrons. The van der Waals surface area contributed by atoms with E-state index in [4.69, 9.17) is 4.42 Å². The molecule has 1 aliphatic rings. The Morgan fingerprint density at radius 3 is 2.95 bits per heavy atom. The number of aromatic nitrogens is 3. The molecule has 1 aliphatic heterocycles. The maximum atomic E-state index is 5.80. The van der Waals surface area contributed by atoms with Gasteiger partial charge in [0.2, 0.25) is 11.8 Å². The SMILES string of the molecule is CCc1nnc([C@H]2CCCN(Cc3cccnc3C)[C@H]2C)o1. The highest BCUT2D eigenvalue weighted by molar-refractivity contribution is 5.18. The first-order chi connectivity index (χ1) is 10.7. The number of hydrogen-bond acceptors (Lipinski definition) is 5. The fourth-order valence-corrected chi connectivity index (χ4v) is 3.23. The van der Waals surface area contributed by atoms with E-state index in [2.05, 4.69) is 40.0 Å². The van der Waals surface area contributed by atoms with Crippen LogP contribution in [0.15, 0.2) is 22.7 Å². The van der Waals surface area contributed by atoms with Crippen LogP contribution in [0.25, 0.3) is 0 Å². The van der Waals surface area contributed by atoms with Crippen LogP contribution in [0.4, 0.5) is 0 Å². The summed E-state index contributed by atoms with van der Waals surface area (Å²) >= 11 is 0. The second-order valence-electron chi connectivity index (χ2n) is 6.10. The molecule has 0 unspecified atom stereocenters. The average molecular weight is 300 g/mol. The summed E-state index contributed by atoms with van der Waals surface area (Å²) in [5, 5.41) is 8.39. The Labute approximate surface area is 131 Å². The second-order valence-corrected chi connectivity index (χ2v) is 6.10. The maximum absolute atomic E-state index is 5.80. The molecule has 3 rings (SSSR count). The molecule has 0 N–H and O–H groups in total. The van der Waals surface area contributed by atoms with E-state index in [9.17, 15) is 0 Å². The van der Waals surface area contributed by atoms with E-state index in [-0.39, 0.29) is 0 Å². The average Bonchev–Trinajstić information content (AvgIpc) is 3.00. The van der Waals surface area contributed by atoms with Gasteiger partial charge in [-0.25, -0.2) is 0 Å². The van der Waals surface area contributed by atoms with Crippen LogP contribution in [-0.4, -0.2) is 32.7 Å². The van der Waals surface area contributed by atoms with Gasteiger partial charge in [0, 0.05) is 30.9 Å². The van der Waals surface area contributed by atoms with Crippen molar-refractivity contribution in [2.75, 3.05) is 6.54 Å².